The molecule has 0 aliphatic rings. The number of nitro groups is 1. The molecule has 0 saturated carbocycles. The van der Waals surface area contributed by atoms with Gasteiger partial charge in [-0.1, -0.05) is 34.8 Å². The van der Waals surface area contributed by atoms with E-state index in [-0.39, 0.29) is 24.3 Å². The van der Waals surface area contributed by atoms with Gasteiger partial charge in [-0.3, -0.25) is 10.1 Å². The van der Waals surface area contributed by atoms with Crippen molar-refractivity contribution in [1.29, 1.82) is 0 Å². The Balaban J connectivity index is 2.98. The molecule has 0 aliphatic heterocycles. The zero-order valence-corrected chi connectivity index (χ0v) is 22.0. The second-order valence-electron chi connectivity index (χ2n) is 8.96. The van der Waals surface area contributed by atoms with E-state index in [1.807, 2.05) is 0 Å². The van der Waals surface area contributed by atoms with E-state index >= 15 is 0 Å². The maximum atomic E-state index is 14.3. The lowest BCUT2D eigenvalue weighted by Gasteiger charge is -2.40. The minimum absolute atomic E-state index is 0.185. The molecular formula is C23H32N3O8S2+. The van der Waals surface area contributed by atoms with Gasteiger partial charge in [0.05, 0.1) is 4.92 Å². The molecule has 0 aliphatic carbocycles. The number of carboxylic acid groups (broad SMARTS) is 1. The van der Waals surface area contributed by atoms with E-state index < -0.39 is 63.3 Å². The number of aryl methyl sites for hydroxylation is 1. The monoisotopic (exact) mass is 542 g/mol. The van der Waals surface area contributed by atoms with Gasteiger partial charge in [-0.15, -0.1) is 0 Å². The van der Waals surface area contributed by atoms with E-state index in [0.29, 0.717) is 6.42 Å². The van der Waals surface area contributed by atoms with Gasteiger partial charge in [-0.25, -0.2) is 4.79 Å². The molecule has 0 amide bonds. The first-order valence-corrected chi connectivity index (χ1v) is 14.2. The fourth-order valence-electron chi connectivity index (χ4n) is 4.07. The van der Waals surface area contributed by atoms with Gasteiger partial charge < -0.3 is 10.8 Å². The van der Waals surface area contributed by atoms with E-state index in [1.54, 1.807) is 20.8 Å². The first kappa shape index (κ1) is 29.4. The highest BCUT2D eigenvalue weighted by Gasteiger charge is 2.62. The van der Waals surface area contributed by atoms with Crippen LogP contribution in [0.15, 0.2) is 58.3 Å². The molecule has 0 saturated heterocycles. The number of benzene rings is 2. The normalized spacial score (nSPS) is 14.8. The number of nitro benzene ring substituents is 1. The van der Waals surface area contributed by atoms with Crippen molar-refractivity contribution in [1.82, 2.24) is 0 Å². The van der Waals surface area contributed by atoms with Gasteiger partial charge in [0.1, 0.15) is 16.3 Å². The summed E-state index contributed by atoms with van der Waals surface area (Å²) in [6.07, 6.45) is 0.287. The van der Waals surface area contributed by atoms with Crippen molar-refractivity contribution < 1.29 is 35.0 Å². The Hall–Kier alpha value is -2.87. The van der Waals surface area contributed by atoms with Gasteiger partial charge >= 0.3 is 26.0 Å². The number of aliphatic carboxylic acids is 1. The van der Waals surface area contributed by atoms with Gasteiger partial charge in [0.25, 0.3) is 5.69 Å². The largest absolute Gasteiger partial charge is 0.477 e. The van der Waals surface area contributed by atoms with Crippen molar-refractivity contribution in [2.24, 2.45) is 11.7 Å². The Morgan fingerprint density at radius 3 is 1.83 bits per heavy atom. The average molecular weight is 543 g/mol. The fraction of sp³-hybridized carbons (Fsp3) is 0.435. The van der Waals surface area contributed by atoms with E-state index in [4.69, 9.17) is 5.73 Å². The average Bonchev–Trinajstić information content (AvgIpc) is 2.80. The van der Waals surface area contributed by atoms with Crippen LogP contribution in [0.5, 0.6) is 0 Å². The van der Waals surface area contributed by atoms with Crippen LogP contribution in [-0.2, 0) is 24.8 Å². The van der Waals surface area contributed by atoms with Crippen LogP contribution in [0, 0.1) is 23.0 Å². The lowest BCUT2D eigenvalue weighted by atomic mass is 10.1. The number of quaternary nitrogens is 1. The third-order valence-corrected chi connectivity index (χ3v) is 11.1. The molecule has 198 valence electrons. The molecule has 2 atom stereocenters. The summed E-state index contributed by atoms with van der Waals surface area (Å²) < 4.78 is 55.3. The van der Waals surface area contributed by atoms with Gasteiger partial charge in [0, 0.05) is 24.5 Å². The first-order valence-electron chi connectivity index (χ1n) is 11.3. The molecule has 13 heteroatoms. The number of hydrogen-bond donors (Lipinski definition) is 2. The maximum absolute atomic E-state index is 14.3. The van der Waals surface area contributed by atoms with Gasteiger partial charge in [-0.05, 0) is 50.6 Å². The smallest absolute Gasteiger partial charge is 0.365 e. The molecule has 11 nitrogen and oxygen atoms in total. The summed E-state index contributed by atoms with van der Waals surface area (Å²) in [7, 11) is -9.87. The van der Waals surface area contributed by atoms with Crippen molar-refractivity contribution in [2.75, 3.05) is 13.1 Å². The Bertz CT molecular complexity index is 1290. The highest BCUT2D eigenvalue weighted by molar-refractivity contribution is 7.98. The molecule has 2 rings (SSSR count). The Kier molecular flexibility index (Phi) is 9.34. The number of hydrogen-bond acceptors (Lipinski definition) is 8. The van der Waals surface area contributed by atoms with Crippen LogP contribution in [0.1, 0.15) is 38.7 Å². The van der Waals surface area contributed by atoms with Crippen molar-refractivity contribution in [3.8, 4) is 0 Å². The van der Waals surface area contributed by atoms with E-state index in [9.17, 15) is 36.9 Å². The summed E-state index contributed by atoms with van der Waals surface area (Å²) in [5.74, 6) is -2.15. The summed E-state index contributed by atoms with van der Waals surface area (Å²) in [5, 5.41) is 21.3. The molecule has 0 fully saturated rings. The zero-order valence-electron chi connectivity index (χ0n) is 20.4. The molecule has 1 unspecified atom stereocenters. The summed E-state index contributed by atoms with van der Waals surface area (Å²) in [4.78, 5) is 22.1. The van der Waals surface area contributed by atoms with E-state index in [1.165, 1.54) is 24.3 Å². The molecular weight excluding hydrogens is 510 g/mol. The van der Waals surface area contributed by atoms with Crippen molar-refractivity contribution in [3.05, 3.63) is 64.2 Å². The Morgan fingerprint density at radius 1 is 0.972 bits per heavy atom. The Morgan fingerprint density at radius 2 is 1.44 bits per heavy atom. The van der Waals surface area contributed by atoms with Crippen LogP contribution in [0.4, 0.5) is 5.69 Å². The maximum Gasteiger partial charge on any atom is 0.365 e. The number of unbranched alkanes of at least 4 members (excludes halogenated alkanes) is 1. The van der Waals surface area contributed by atoms with Crippen LogP contribution in [0.3, 0.4) is 0 Å². The summed E-state index contributed by atoms with van der Waals surface area (Å²) >= 11 is 0. The summed E-state index contributed by atoms with van der Waals surface area (Å²) in [6, 6.07) is 7.38. The van der Waals surface area contributed by atoms with Crippen molar-refractivity contribution >= 4 is 31.7 Å². The van der Waals surface area contributed by atoms with Crippen LogP contribution in [0.2, 0.25) is 0 Å². The van der Waals surface area contributed by atoms with Gasteiger partial charge in [0.15, 0.2) is 0 Å². The third-order valence-electron chi connectivity index (χ3n) is 5.79. The number of carbonyl (C=O) groups is 1. The molecule has 0 heterocycles. The Labute approximate surface area is 211 Å². The number of non-ortho nitro benzene ring substituents is 1. The highest BCUT2D eigenvalue weighted by atomic mass is 32.3. The predicted molar refractivity (Wildman–Crippen MR) is 133 cm³/mol. The van der Waals surface area contributed by atoms with Crippen LogP contribution >= 0.6 is 0 Å². The van der Waals surface area contributed by atoms with Gasteiger partial charge in [-0.2, -0.15) is 16.8 Å². The van der Waals surface area contributed by atoms with Gasteiger partial charge in [0.2, 0.25) is 6.04 Å². The number of carboxylic acids is 1. The molecule has 0 aromatic heterocycles. The fourth-order valence-corrected chi connectivity index (χ4v) is 9.35. The van der Waals surface area contributed by atoms with Crippen LogP contribution < -0.4 is 5.73 Å². The lowest BCUT2D eigenvalue weighted by Crippen LogP contribution is -2.65. The quantitative estimate of drug-likeness (QED) is 0.167. The summed E-state index contributed by atoms with van der Waals surface area (Å²) in [5.41, 5.74) is 5.88. The number of sulfonamides is 2. The molecule has 2 aromatic carbocycles. The van der Waals surface area contributed by atoms with Crippen molar-refractivity contribution in [2.45, 2.75) is 55.9 Å². The predicted octanol–water partition coefficient (Wildman–Crippen LogP) is 3.04. The molecule has 0 bridgehead atoms. The van der Waals surface area contributed by atoms with E-state index in [0.717, 1.165) is 29.8 Å². The molecule has 36 heavy (non-hydrogen) atoms. The second-order valence-corrected chi connectivity index (χ2v) is 13.3. The molecule has 2 aromatic rings. The van der Waals surface area contributed by atoms with Crippen LogP contribution in [-0.4, -0.2) is 55.3 Å². The molecule has 0 spiro atoms. The topological polar surface area (TPSA) is 175 Å². The number of nitrogens with zero attached hydrogens (tertiary/aromatic N) is 2. The number of rotatable bonds is 13. The lowest BCUT2D eigenvalue weighted by molar-refractivity contribution is -0.700. The standard InChI is InChI=1S/C23H31N3O8S2/c1-17(2)16-26(22(23(27)28)6-4-5-15-24,35(31,32)20-11-7-18(3)8-12-20)36(33,34)21-13-9-19(10-14-21)25(29)30/h7-14,17,22H,4-6,15-16,24H2,1-3H3/p+1/t22-,26?/m0/s1. The minimum atomic E-state index is -4.98. The SMILES string of the molecule is Cc1ccc(S(=O)(=O)[N+](CC(C)C)([C@@H](CCCCN)C(=O)O)S(=O)(=O)c2ccc([N+](=O)[O-])cc2)cc1. The third kappa shape index (κ3) is 5.59. The highest BCUT2D eigenvalue weighted by Crippen LogP contribution is 2.40. The minimum Gasteiger partial charge on any atom is -0.477 e. The van der Waals surface area contributed by atoms with Crippen LogP contribution in [0.25, 0.3) is 0 Å². The van der Waals surface area contributed by atoms with E-state index in [2.05, 4.69) is 0 Å². The number of nitrogens with two attached hydrogens (primary N) is 1. The molecule has 0 radical (unpaired) electrons. The first-order chi connectivity index (χ1) is 16.7. The molecule has 3 N–H and O–H groups in total. The van der Waals surface area contributed by atoms with Crippen molar-refractivity contribution in [3.63, 3.8) is 0 Å². The summed E-state index contributed by atoms with van der Waals surface area (Å²) in [6.45, 7) is 4.59. The zero-order chi connectivity index (χ0) is 27.3. The second kappa shape index (κ2) is 11.5.